The molecule has 0 aliphatic heterocycles. The molecule has 2 heterocycles. The van der Waals surface area contributed by atoms with Crippen molar-refractivity contribution in [3.63, 3.8) is 0 Å². The molecule has 0 atom stereocenters. The quantitative estimate of drug-likeness (QED) is 0.747. The van der Waals surface area contributed by atoms with Gasteiger partial charge in [0, 0.05) is 12.1 Å². The molecule has 5 nitrogen and oxygen atoms in total. The summed E-state index contributed by atoms with van der Waals surface area (Å²) in [6.45, 7) is -0.298. The number of aliphatic hydroxyl groups excluding tert-OH is 1. The van der Waals surface area contributed by atoms with Crippen LogP contribution in [0.5, 0.6) is 0 Å². The minimum absolute atomic E-state index is 0.00323. The van der Waals surface area contributed by atoms with Crippen molar-refractivity contribution in [3.05, 3.63) is 53.1 Å². The van der Waals surface area contributed by atoms with Crippen molar-refractivity contribution in [3.8, 4) is 11.1 Å². The van der Waals surface area contributed by atoms with Gasteiger partial charge in [-0.3, -0.25) is 4.79 Å². The molecule has 1 amide bonds. The molecule has 1 aliphatic rings. The average molecular weight is 360 g/mol. The Morgan fingerprint density at radius 3 is 2.88 bits per heavy atom. The molecule has 25 heavy (non-hydrogen) atoms. The average Bonchev–Trinajstić information content (AvgIpc) is 3.37. The molecule has 1 saturated carbocycles. The first-order chi connectivity index (χ1) is 12.0. The molecule has 2 N–H and O–H groups in total. The summed E-state index contributed by atoms with van der Waals surface area (Å²) in [7, 11) is 0. The second-order valence-electron chi connectivity index (χ2n) is 6.15. The van der Waals surface area contributed by atoms with E-state index in [1.165, 1.54) is 12.1 Å². The standard InChI is InChI=1S/C18H15ClFN3O2/c19-14-6-13(12(9-24)5-15(14)20)11-3-4-17-21-16(8-23(17)7-11)22-18(25)10-1-2-10/h3-8,10,24H,1-2,9H2,(H,22,25). The van der Waals surface area contributed by atoms with Crippen LogP contribution >= 0.6 is 11.6 Å². The number of carbonyl (C=O) groups excluding carboxylic acids is 1. The number of carbonyl (C=O) groups is 1. The van der Waals surface area contributed by atoms with E-state index in [1.807, 2.05) is 6.07 Å². The maximum absolute atomic E-state index is 13.6. The first-order valence-electron chi connectivity index (χ1n) is 7.94. The van der Waals surface area contributed by atoms with Gasteiger partial charge in [0.05, 0.1) is 17.8 Å². The third-order valence-electron chi connectivity index (χ3n) is 4.28. The number of amides is 1. The van der Waals surface area contributed by atoms with Gasteiger partial charge in [0.1, 0.15) is 11.5 Å². The van der Waals surface area contributed by atoms with E-state index >= 15 is 0 Å². The Balaban J connectivity index is 1.71. The molecule has 128 valence electrons. The number of aliphatic hydroxyl groups is 1. The topological polar surface area (TPSA) is 66.6 Å². The second-order valence-corrected chi connectivity index (χ2v) is 6.56. The molecule has 2 aromatic heterocycles. The number of aromatic nitrogens is 2. The third-order valence-corrected chi connectivity index (χ3v) is 4.57. The molecule has 0 saturated heterocycles. The maximum Gasteiger partial charge on any atom is 0.228 e. The number of imidazole rings is 1. The molecule has 7 heteroatoms. The number of pyridine rings is 1. The highest BCUT2D eigenvalue weighted by molar-refractivity contribution is 6.31. The van der Waals surface area contributed by atoms with E-state index in [0.717, 1.165) is 18.4 Å². The van der Waals surface area contributed by atoms with Crippen molar-refractivity contribution in [1.29, 1.82) is 0 Å². The molecule has 0 bridgehead atoms. The summed E-state index contributed by atoms with van der Waals surface area (Å²) in [6.07, 6.45) is 5.39. The summed E-state index contributed by atoms with van der Waals surface area (Å²) in [4.78, 5) is 16.2. The Bertz CT molecular complexity index is 982. The number of anilines is 1. The van der Waals surface area contributed by atoms with Crippen LogP contribution in [0.3, 0.4) is 0 Å². The molecule has 3 aromatic rings. The Morgan fingerprint density at radius 2 is 2.16 bits per heavy atom. The molecule has 1 fully saturated rings. The number of benzene rings is 1. The lowest BCUT2D eigenvalue weighted by Gasteiger charge is -2.09. The van der Waals surface area contributed by atoms with Gasteiger partial charge in [0.25, 0.3) is 0 Å². The van der Waals surface area contributed by atoms with Gasteiger partial charge in [0.2, 0.25) is 5.91 Å². The monoisotopic (exact) mass is 359 g/mol. The maximum atomic E-state index is 13.6. The fraction of sp³-hybridized carbons (Fsp3) is 0.222. The van der Waals surface area contributed by atoms with Crippen LogP contribution in [-0.2, 0) is 11.4 Å². The lowest BCUT2D eigenvalue weighted by atomic mass is 10.0. The number of fused-ring (bicyclic) bond motifs is 1. The van der Waals surface area contributed by atoms with E-state index in [1.54, 1.807) is 22.9 Å². The van der Waals surface area contributed by atoms with Crippen molar-refractivity contribution in [2.45, 2.75) is 19.4 Å². The van der Waals surface area contributed by atoms with Crippen LogP contribution in [0.2, 0.25) is 5.02 Å². The van der Waals surface area contributed by atoms with Gasteiger partial charge >= 0.3 is 0 Å². The number of hydrogen-bond acceptors (Lipinski definition) is 3. The van der Waals surface area contributed by atoms with Crippen LogP contribution in [0.1, 0.15) is 18.4 Å². The van der Waals surface area contributed by atoms with E-state index in [0.29, 0.717) is 22.6 Å². The van der Waals surface area contributed by atoms with Crippen molar-refractivity contribution in [1.82, 2.24) is 9.38 Å². The predicted octanol–water partition coefficient (Wildman–Crippen LogP) is 3.63. The second kappa shape index (κ2) is 6.13. The Hall–Kier alpha value is -2.44. The SMILES string of the molecule is O=C(Nc1cn2cc(-c3cc(Cl)c(F)cc3CO)ccc2n1)C1CC1. The number of nitrogens with one attached hydrogen (secondary N) is 1. The largest absolute Gasteiger partial charge is 0.392 e. The summed E-state index contributed by atoms with van der Waals surface area (Å²) in [5.74, 6) is 0.0298. The van der Waals surface area contributed by atoms with Gasteiger partial charge in [-0.15, -0.1) is 0 Å². The van der Waals surface area contributed by atoms with Crippen molar-refractivity contribution in [2.75, 3.05) is 5.32 Å². The first kappa shape index (κ1) is 16.1. The molecule has 0 radical (unpaired) electrons. The van der Waals surface area contributed by atoms with Crippen LogP contribution in [0.25, 0.3) is 16.8 Å². The summed E-state index contributed by atoms with van der Waals surface area (Å²) in [5, 5.41) is 12.3. The fourth-order valence-electron chi connectivity index (χ4n) is 2.77. The minimum atomic E-state index is -0.566. The van der Waals surface area contributed by atoms with Gasteiger partial charge in [-0.25, -0.2) is 9.37 Å². The van der Waals surface area contributed by atoms with E-state index in [9.17, 15) is 14.3 Å². The van der Waals surface area contributed by atoms with Crippen LogP contribution < -0.4 is 5.32 Å². The molecule has 4 rings (SSSR count). The van der Waals surface area contributed by atoms with Gasteiger partial charge in [-0.05, 0) is 53.8 Å². The predicted molar refractivity (Wildman–Crippen MR) is 92.9 cm³/mol. The van der Waals surface area contributed by atoms with Crippen LogP contribution in [0, 0.1) is 11.7 Å². The lowest BCUT2D eigenvalue weighted by Crippen LogP contribution is -2.13. The highest BCUT2D eigenvalue weighted by atomic mass is 35.5. The van der Waals surface area contributed by atoms with Gasteiger partial charge in [-0.2, -0.15) is 0 Å². The van der Waals surface area contributed by atoms with Gasteiger partial charge in [-0.1, -0.05) is 11.6 Å². The third kappa shape index (κ3) is 3.10. The smallest absolute Gasteiger partial charge is 0.228 e. The molecule has 0 unspecified atom stereocenters. The molecular weight excluding hydrogens is 345 g/mol. The highest BCUT2D eigenvalue weighted by Crippen LogP contribution is 2.31. The zero-order valence-corrected chi connectivity index (χ0v) is 13.9. The summed E-state index contributed by atoms with van der Waals surface area (Å²) >= 11 is 5.88. The molecule has 1 aliphatic carbocycles. The fourth-order valence-corrected chi connectivity index (χ4v) is 2.94. The van der Waals surface area contributed by atoms with E-state index in [2.05, 4.69) is 10.3 Å². The van der Waals surface area contributed by atoms with Crippen molar-refractivity contribution < 1.29 is 14.3 Å². The summed E-state index contributed by atoms with van der Waals surface area (Å²) in [6, 6.07) is 6.34. The number of nitrogens with zero attached hydrogens (tertiary/aromatic N) is 2. The minimum Gasteiger partial charge on any atom is -0.392 e. The van der Waals surface area contributed by atoms with Crippen molar-refractivity contribution >= 4 is 29.0 Å². The van der Waals surface area contributed by atoms with Crippen LogP contribution in [-0.4, -0.2) is 20.4 Å². The van der Waals surface area contributed by atoms with E-state index < -0.39 is 5.82 Å². The zero-order valence-electron chi connectivity index (χ0n) is 13.2. The van der Waals surface area contributed by atoms with Gasteiger partial charge < -0.3 is 14.8 Å². The van der Waals surface area contributed by atoms with Crippen LogP contribution in [0.4, 0.5) is 10.2 Å². The van der Waals surface area contributed by atoms with Crippen molar-refractivity contribution in [2.24, 2.45) is 5.92 Å². The number of rotatable bonds is 4. The zero-order chi connectivity index (χ0) is 17.6. The first-order valence-corrected chi connectivity index (χ1v) is 8.31. The Labute approximate surface area is 148 Å². The summed E-state index contributed by atoms with van der Waals surface area (Å²) < 4.78 is 15.4. The van der Waals surface area contributed by atoms with Crippen LogP contribution in [0.15, 0.2) is 36.7 Å². The molecule has 0 spiro atoms. The lowest BCUT2D eigenvalue weighted by molar-refractivity contribution is -0.117. The van der Waals surface area contributed by atoms with E-state index in [4.69, 9.17) is 11.6 Å². The normalized spacial score (nSPS) is 14.0. The number of halogens is 2. The molecule has 1 aromatic carbocycles. The number of hydrogen-bond donors (Lipinski definition) is 2. The Morgan fingerprint density at radius 1 is 1.36 bits per heavy atom. The highest BCUT2D eigenvalue weighted by Gasteiger charge is 2.30. The van der Waals surface area contributed by atoms with E-state index in [-0.39, 0.29) is 23.5 Å². The summed E-state index contributed by atoms with van der Waals surface area (Å²) in [5.41, 5.74) is 2.53. The van der Waals surface area contributed by atoms with Gasteiger partial charge in [0.15, 0.2) is 5.82 Å². The molecular formula is C18H15ClFN3O2. The Kier molecular flexibility index (Phi) is 3.94.